The molecule has 1 aliphatic heterocycles. The van der Waals surface area contributed by atoms with E-state index in [0.29, 0.717) is 11.7 Å². The quantitative estimate of drug-likeness (QED) is 0.832. The van der Waals surface area contributed by atoms with Gasteiger partial charge < -0.3 is 10.1 Å². The standard InChI is InChI=1S/C11H13F2NO/c12-11(13)15-10-4-2-1-3-9(10)8-5-6-14-7-8/h1-4,8,11,14H,5-7H2. The van der Waals surface area contributed by atoms with Gasteiger partial charge in [-0.25, -0.2) is 0 Å². The van der Waals surface area contributed by atoms with Gasteiger partial charge in [-0.15, -0.1) is 0 Å². The van der Waals surface area contributed by atoms with Gasteiger partial charge in [-0.2, -0.15) is 8.78 Å². The summed E-state index contributed by atoms with van der Waals surface area (Å²) >= 11 is 0. The lowest BCUT2D eigenvalue weighted by Gasteiger charge is -2.14. The maximum atomic E-state index is 12.1. The molecule has 1 aliphatic rings. The second kappa shape index (κ2) is 4.57. The lowest BCUT2D eigenvalue weighted by Crippen LogP contribution is -2.10. The predicted octanol–water partition coefficient (Wildman–Crippen LogP) is 2.36. The Morgan fingerprint density at radius 1 is 1.33 bits per heavy atom. The topological polar surface area (TPSA) is 21.3 Å². The normalized spacial score (nSPS) is 20.9. The molecule has 15 heavy (non-hydrogen) atoms. The zero-order valence-corrected chi connectivity index (χ0v) is 8.25. The molecule has 1 aromatic rings. The fourth-order valence-electron chi connectivity index (χ4n) is 1.94. The van der Waals surface area contributed by atoms with Crippen LogP contribution in [-0.4, -0.2) is 19.7 Å². The minimum Gasteiger partial charge on any atom is -0.435 e. The molecule has 0 spiro atoms. The first-order valence-corrected chi connectivity index (χ1v) is 5.02. The number of ether oxygens (including phenoxy) is 1. The van der Waals surface area contributed by atoms with E-state index < -0.39 is 6.61 Å². The SMILES string of the molecule is FC(F)Oc1ccccc1C1CCNC1. The van der Waals surface area contributed by atoms with Gasteiger partial charge in [-0.1, -0.05) is 18.2 Å². The van der Waals surface area contributed by atoms with E-state index in [4.69, 9.17) is 0 Å². The first-order valence-electron chi connectivity index (χ1n) is 5.02. The van der Waals surface area contributed by atoms with Crippen LogP contribution in [0.15, 0.2) is 24.3 Å². The van der Waals surface area contributed by atoms with Crippen molar-refractivity contribution in [1.82, 2.24) is 5.32 Å². The van der Waals surface area contributed by atoms with Crippen molar-refractivity contribution in [3.63, 3.8) is 0 Å². The Kier molecular flexibility index (Phi) is 3.16. The van der Waals surface area contributed by atoms with E-state index in [0.717, 1.165) is 25.1 Å². The molecule has 1 N–H and O–H groups in total. The second-order valence-corrected chi connectivity index (χ2v) is 3.61. The molecule has 0 aromatic heterocycles. The lowest BCUT2D eigenvalue weighted by atomic mass is 9.97. The molecule has 0 amide bonds. The number of rotatable bonds is 3. The molecule has 1 saturated heterocycles. The Hall–Kier alpha value is -1.16. The van der Waals surface area contributed by atoms with Crippen LogP contribution in [0.2, 0.25) is 0 Å². The van der Waals surface area contributed by atoms with Gasteiger partial charge in [0.2, 0.25) is 0 Å². The van der Waals surface area contributed by atoms with Gasteiger partial charge in [0.25, 0.3) is 0 Å². The van der Waals surface area contributed by atoms with Crippen molar-refractivity contribution in [2.24, 2.45) is 0 Å². The summed E-state index contributed by atoms with van der Waals surface area (Å²) < 4.78 is 28.8. The van der Waals surface area contributed by atoms with Crippen LogP contribution < -0.4 is 10.1 Å². The van der Waals surface area contributed by atoms with Crippen molar-refractivity contribution < 1.29 is 13.5 Å². The number of hydrogen-bond donors (Lipinski definition) is 1. The highest BCUT2D eigenvalue weighted by Gasteiger charge is 2.21. The van der Waals surface area contributed by atoms with E-state index in [-0.39, 0.29) is 0 Å². The summed E-state index contributed by atoms with van der Waals surface area (Å²) in [6.07, 6.45) is 0.976. The van der Waals surface area contributed by atoms with E-state index >= 15 is 0 Å². The average molecular weight is 213 g/mol. The summed E-state index contributed by atoms with van der Waals surface area (Å²) in [5, 5.41) is 3.21. The molecule has 0 bridgehead atoms. The van der Waals surface area contributed by atoms with Crippen molar-refractivity contribution >= 4 is 0 Å². The molecule has 1 fully saturated rings. The molecule has 0 radical (unpaired) electrons. The summed E-state index contributed by atoms with van der Waals surface area (Å²) in [7, 11) is 0. The van der Waals surface area contributed by atoms with E-state index in [2.05, 4.69) is 10.1 Å². The van der Waals surface area contributed by atoms with Gasteiger partial charge in [0.15, 0.2) is 0 Å². The lowest BCUT2D eigenvalue weighted by molar-refractivity contribution is -0.0505. The minimum absolute atomic E-state index is 0.292. The summed E-state index contributed by atoms with van der Waals surface area (Å²) in [6.45, 7) is -0.974. The molecule has 82 valence electrons. The van der Waals surface area contributed by atoms with Crippen molar-refractivity contribution in [3.05, 3.63) is 29.8 Å². The third-order valence-electron chi connectivity index (χ3n) is 2.64. The number of alkyl halides is 2. The molecular weight excluding hydrogens is 200 g/mol. The maximum Gasteiger partial charge on any atom is 0.387 e. The van der Waals surface area contributed by atoms with Gasteiger partial charge >= 0.3 is 6.61 Å². The first-order chi connectivity index (χ1) is 7.27. The Labute approximate surface area is 87.2 Å². The Morgan fingerprint density at radius 3 is 2.80 bits per heavy atom. The van der Waals surface area contributed by atoms with Gasteiger partial charge in [0.1, 0.15) is 5.75 Å². The third kappa shape index (κ3) is 2.45. The van der Waals surface area contributed by atoms with Crippen LogP contribution >= 0.6 is 0 Å². The Bertz CT molecular complexity index is 324. The summed E-state index contributed by atoms with van der Waals surface area (Å²) in [5.41, 5.74) is 0.878. The van der Waals surface area contributed by atoms with Crippen LogP contribution in [0.3, 0.4) is 0 Å². The minimum atomic E-state index is -2.75. The highest BCUT2D eigenvalue weighted by Crippen LogP contribution is 2.31. The molecule has 1 heterocycles. The Balaban J connectivity index is 2.20. The van der Waals surface area contributed by atoms with Crippen molar-refractivity contribution in [2.45, 2.75) is 19.0 Å². The first kappa shape index (κ1) is 10.4. The number of halogens is 2. The van der Waals surface area contributed by atoms with Gasteiger partial charge in [0.05, 0.1) is 0 Å². The van der Waals surface area contributed by atoms with Crippen LogP contribution in [0.5, 0.6) is 5.75 Å². The molecule has 2 nitrogen and oxygen atoms in total. The van der Waals surface area contributed by atoms with Crippen molar-refractivity contribution in [3.8, 4) is 5.75 Å². The second-order valence-electron chi connectivity index (χ2n) is 3.61. The van der Waals surface area contributed by atoms with E-state index in [1.807, 2.05) is 12.1 Å². The Morgan fingerprint density at radius 2 is 2.13 bits per heavy atom. The van der Waals surface area contributed by atoms with E-state index in [1.54, 1.807) is 12.1 Å². The molecule has 0 aliphatic carbocycles. The highest BCUT2D eigenvalue weighted by molar-refractivity contribution is 5.37. The van der Waals surface area contributed by atoms with Crippen LogP contribution in [0.1, 0.15) is 17.9 Å². The van der Waals surface area contributed by atoms with Crippen LogP contribution in [0, 0.1) is 0 Å². The number of benzene rings is 1. The summed E-state index contributed by atoms with van der Waals surface area (Å²) in [6, 6.07) is 7.02. The van der Waals surface area contributed by atoms with E-state index in [1.165, 1.54) is 0 Å². The van der Waals surface area contributed by atoms with Gasteiger partial charge in [-0.05, 0) is 24.6 Å². The predicted molar refractivity (Wildman–Crippen MR) is 53.3 cm³/mol. The molecule has 4 heteroatoms. The number of para-hydroxylation sites is 1. The largest absolute Gasteiger partial charge is 0.435 e. The third-order valence-corrected chi connectivity index (χ3v) is 2.64. The zero-order valence-electron chi connectivity index (χ0n) is 8.25. The summed E-state index contributed by atoms with van der Waals surface area (Å²) in [4.78, 5) is 0. The summed E-state index contributed by atoms with van der Waals surface area (Å²) in [5.74, 6) is 0.598. The van der Waals surface area contributed by atoms with Crippen LogP contribution in [0.25, 0.3) is 0 Å². The molecule has 0 saturated carbocycles. The highest BCUT2D eigenvalue weighted by atomic mass is 19.3. The molecular formula is C11H13F2NO. The van der Waals surface area contributed by atoms with Crippen LogP contribution in [-0.2, 0) is 0 Å². The number of hydrogen-bond acceptors (Lipinski definition) is 2. The fourth-order valence-corrected chi connectivity index (χ4v) is 1.94. The van der Waals surface area contributed by atoms with E-state index in [9.17, 15) is 8.78 Å². The maximum absolute atomic E-state index is 12.1. The number of nitrogens with one attached hydrogen (secondary N) is 1. The zero-order chi connectivity index (χ0) is 10.7. The molecule has 2 rings (SSSR count). The molecule has 1 atom stereocenters. The molecule has 1 aromatic carbocycles. The fraction of sp³-hybridized carbons (Fsp3) is 0.455. The van der Waals surface area contributed by atoms with Gasteiger partial charge in [-0.3, -0.25) is 0 Å². The monoisotopic (exact) mass is 213 g/mol. The smallest absolute Gasteiger partial charge is 0.387 e. The molecule has 1 unspecified atom stereocenters. The van der Waals surface area contributed by atoms with Crippen molar-refractivity contribution in [2.75, 3.05) is 13.1 Å². The van der Waals surface area contributed by atoms with Crippen molar-refractivity contribution in [1.29, 1.82) is 0 Å². The van der Waals surface area contributed by atoms with Gasteiger partial charge in [0, 0.05) is 12.5 Å². The average Bonchev–Trinajstić information content (AvgIpc) is 2.70. The van der Waals surface area contributed by atoms with Crippen LogP contribution in [0.4, 0.5) is 8.78 Å².